The van der Waals surface area contributed by atoms with Crippen LogP contribution in [0.25, 0.3) is 0 Å². The van der Waals surface area contributed by atoms with Crippen molar-refractivity contribution >= 4 is 39.1 Å². The summed E-state index contributed by atoms with van der Waals surface area (Å²) in [5.41, 5.74) is 2.83. The van der Waals surface area contributed by atoms with Crippen LogP contribution in [0.15, 0.2) is 77.7 Å². The average molecular weight is 610 g/mol. The minimum atomic E-state index is -4.15. The number of halogens is 1. The molecule has 0 spiro atoms. The third-order valence-electron chi connectivity index (χ3n) is 7.86. The second-order valence-electron chi connectivity index (χ2n) is 11.0. The van der Waals surface area contributed by atoms with E-state index in [2.05, 4.69) is 5.32 Å². The van der Waals surface area contributed by atoms with Gasteiger partial charge in [-0.25, -0.2) is 8.42 Å². The molecule has 0 radical (unpaired) electrons. The zero-order valence-electron chi connectivity index (χ0n) is 24.6. The number of aryl methyl sites for hydroxylation is 2. The van der Waals surface area contributed by atoms with Crippen molar-refractivity contribution in [2.45, 2.75) is 82.8 Å². The molecular formula is C33H40ClN3O4S. The molecule has 1 aliphatic carbocycles. The van der Waals surface area contributed by atoms with Gasteiger partial charge in [-0.1, -0.05) is 91.9 Å². The Morgan fingerprint density at radius 2 is 1.62 bits per heavy atom. The van der Waals surface area contributed by atoms with Crippen molar-refractivity contribution in [2.75, 3.05) is 10.8 Å². The molecule has 3 aromatic rings. The fourth-order valence-electron chi connectivity index (χ4n) is 5.35. The highest BCUT2D eigenvalue weighted by Gasteiger charge is 2.34. The monoisotopic (exact) mass is 609 g/mol. The van der Waals surface area contributed by atoms with Gasteiger partial charge < -0.3 is 10.2 Å². The van der Waals surface area contributed by atoms with Crippen LogP contribution >= 0.6 is 11.6 Å². The van der Waals surface area contributed by atoms with Crippen LogP contribution in [0.4, 0.5) is 5.69 Å². The van der Waals surface area contributed by atoms with Gasteiger partial charge in [0.15, 0.2) is 0 Å². The lowest BCUT2D eigenvalue weighted by atomic mass is 9.95. The summed E-state index contributed by atoms with van der Waals surface area (Å²) in [6.45, 7) is 5.26. The summed E-state index contributed by atoms with van der Waals surface area (Å²) in [5.74, 6) is -0.683. The molecule has 4 rings (SSSR count). The molecule has 1 unspecified atom stereocenters. The van der Waals surface area contributed by atoms with E-state index in [1.165, 1.54) is 17.0 Å². The fraction of sp³-hybridized carbons (Fsp3) is 0.394. The van der Waals surface area contributed by atoms with Crippen LogP contribution < -0.4 is 9.62 Å². The summed E-state index contributed by atoms with van der Waals surface area (Å²) in [6.07, 6.45) is 5.53. The minimum Gasteiger partial charge on any atom is -0.352 e. The summed E-state index contributed by atoms with van der Waals surface area (Å²) in [4.78, 5) is 29.4. The number of benzene rings is 3. The number of nitrogens with zero attached hydrogens (tertiary/aromatic N) is 2. The quantitative estimate of drug-likeness (QED) is 0.272. The Hall–Kier alpha value is -3.36. The number of rotatable bonds is 11. The van der Waals surface area contributed by atoms with E-state index in [9.17, 15) is 18.0 Å². The summed E-state index contributed by atoms with van der Waals surface area (Å²) >= 11 is 6.42. The molecule has 42 heavy (non-hydrogen) atoms. The molecule has 3 aromatic carbocycles. The number of carbonyl (C=O) groups excluding carboxylic acids is 2. The van der Waals surface area contributed by atoms with Crippen LogP contribution in [0.3, 0.4) is 0 Å². The van der Waals surface area contributed by atoms with Crippen LogP contribution in [0.5, 0.6) is 0 Å². The van der Waals surface area contributed by atoms with Gasteiger partial charge in [0.2, 0.25) is 11.8 Å². The zero-order chi connectivity index (χ0) is 30.3. The third-order valence-corrected chi connectivity index (χ3v) is 10.1. The van der Waals surface area contributed by atoms with E-state index in [4.69, 9.17) is 11.6 Å². The second-order valence-corrected chi connectivity index (χ2v) is 13.3. The molecule has 0 bridgehead atoms. The maximum absolute atomic E-state index is 14.2. The number of hydrogen-bond donors (Lipinski definition) is 1. The van der Waals surface area contributed by atoms with Crippen molar-refractivity contribution in [3.63, 3.8) is 0 Å². The minimum absolute atomic E-state index is 0.0642. The smallest absolute Gasteiger partial charge is 0.264 e. The zero-order valence-corrected chi connectivity index (χ0v) is 26.1. The lowest BCUT2D eigenvalue weighted by molar-refractivity contribution is -0.140. The molecule has 2 amide bonds. The first-order chi connectivity index (χ1) is 20.1. The van der Waals surface area contributed by atoms with Gasteiger partial charge in [-0.15, -0.1) is 0 Å². The van der Waals surface area contributed by atoms with E-state index in [0.29, 0.717) is 11.4 Å². The van der Waals surface area contributed by atoms with Gasteiger partial charge in [-0.3, -0.25) is 13.9 Å². The summed E-state index contributed by atoms with van der Waals surface area (Å²) in [5, 5.41) is 3.56. The number of hydrogen-bond acceptors (Lipinski definition) is 4. The Bertz CT molecular complexity index is 1470. The van der Waals surface area contributed by atoms with Crippen molar-refractivity contribution in [1.82, 2.24) is 10.2 Å². The molecule has 1 fully saturated rings. The number of nitrogens with one attached hydrogen (secondary N) is 1. The van der Waals surface area contributed by atoms with Crippen LogP contribution in [-0.4, -0.2) is 43.8 Å². The number of carbonyl (C=O) groups is 2. The Kier molecular flexibility index (Phi) is 10.7. The predicted octanol–water partition coefficient (Wildman–Crippen LogP) is 6.41. The molecule has 0 aliphatic heterocycles. The molecule has 9 heteroatoms. The average Bonchev–Trinajstić information content (AvgIpc) is 2.98. The van der Waals surface area contributed by atoms with Crippen LogP contribution in [0, 0.1) is 13.8 Å². The first-order valence-corrected chi connectivity index (χ1v) is 16.4. The first-order valence-electron chi connectivity index (χ1n) is 14.6. The molecule has 1 saturated carbocycles. The molecule has 0 aromatic heterocycles. The summed E-state index contributed by atoms with van der Waals surface area (Å²) in [7, 11) is -4.15. The number of sulfonamides is 1. The number of anilines is 1. The second kappa shape index (κ2) is 14.2. The van der Waals surface area contributed by atoms with Crippen molar-refractivity contribution in [3.05, 3.63) is 94.5 Å². The third kappa shape index (κ3) is 7.72. The van der Waals surface area contributed by atoms with Crippen molar-refractivity contribution in [2.24, 2.45) is 0 Å². The van der Waals surface area contributed by atoms with Gasteiger partial charge in [0.1, 0.15) is 12.6 Å². The van der Waals surface area contributed by atoms with Crippen LogP contribution in [0.2, 0.25) is 5.02 Å². The molecule has 224 valence electrons. The van der Waals surface area contributed by atoms with Gasteiger partial charge in [0.25, 0.3) is 10.0 Å². The molecule has 0 saturated heterocycles. The van der Waals surface area contributed by atoms with Gasteiger partial charge in [-0.05, 0) is 68.5 Å². The SMILES string of the molecule is CCC(C(=O)NC1CCCCC1)N(Cc1ccccc1)C(=O)CN(c1ccc(C)c(Cl)c1)S(=O)(=O)c1ccc(C)cc1. The van der Waals surface area contributed by atoms with E-state index < -0.39 is 28.5 Å². The van der Waals surface area contributed by atoms with Crippen LogP contribution in [-0.2, 0) is 26.2 Å². The van der Waals surface area contributed by atoms with E-state index in [0.717, 1.165) is 53.1 Å². The van der Waals surface area contributed by atoms with Gasteiger partial charge >= 0.3 is 0 Å². The largest absolute Gasteiger partial charge is 0.352 e. The molecule has 0 heterocycles. The van der Waals surface area contributed by atoms with Gasteiger partial charge in [0, 0.05) is 17.6 Å². The van der Waals surface area contributed by atoms with E-state index in [-0.39, 0.29) is 29.1 Å². The number of amides is 2. The molecule has 1 N–H and O–H groups in total. The van der Waals surface area contributed by atoms with Gasteiger partial charge in [0.05, 0.1) is 10.6 Å². The maximum atomic E-state index is 14.2. The standard InChI is InChI=1S/C33H40ClN3O4S/c1-4-31(33(39)35-27-13-9-6-10-14-27)36(22-26-11-7-5-8-12-26)32(38)23-37(28-18-17-25(3)30(34)21-28)42(40,41)29-19-15-24(2)16-20-29/h5,7-8,11-12,15-21,27,31H,4,6,9-10,13-14,22-23H2,1-3H3,(H,35,39). The first kappa shape index (κ1) is 31.6. The van der Waals surface area contributed by atoms with Gasteiger partial charge in [-0.2, -0.15) is 0 Å². The molecule has 1 atom stereocenters. The van der Waals surface area contributed by atoms with Crippen molar-refractivity contribution in [3.8, 4) is 0 Å². The van der Waals surface area contributed by atoms with E-state index in [1.54, 1.807) is 30.3 Å². The molecule has 1 aliphatic rings. The predicted molar refractivity (Wildman–Crippen MR) is 168 cm³/mol. The van der Waals surface area contributed by atoms with Crippen LogP contribution in [0.1, 0.15) is 62.1 Å². The van der Waals surface area contributed by atoms with E-state index >= 15 is 0 Å². The Labute approximate surface area is 254 Å². The normalized spacial score (nSPS) is 14.7. The lowest BCUT2D eigenvalue weighted by Gasteiger charge is -2.34. The molecular weight excluding hydrogens is 570 g/mol. The Morgan fingerprint density at radius 1 is 0.952 bits per heavy atom. The highest BCUT2D eigenvalue weighted by atomic mass is 35.5. The lowest BCUT2D eigenvalue weighted by Crippen LogP contribution is -2.54. The topological polar surface area (TPSA) is 86.8 Å². The summed E-state index contributed by atoms with van der Waals surface area (Å²) in [6, 6.07) is 20.2. The van der Waals surface area contributed by atoms with Crippen molar-refractivity contribution in [1.29, 1.82) is 0 Å². The fourth-order valence-corrected chi connectivity index (χ4v) is 6.93. The Morgan fingerprint density at radius 3 is 2.24 bits per heavy atom. The molecule has 7 nitrogen and oxygen atoms in total. The Balaban J connectivity index is 1.71. The summed E-state index contributed by atoms with van der Waals surface area (Å²) < 4.78 is 29.1. The van der Waals surface area contributed by atoms with E-state index in [1.807, 2.05) is 51.1 Å². The highest BCUT2D eigenvalue weighted by Crippen LogP contribution is 2.29. The van der Waals surface area contributed by atoms with Crippen molar-refractivity contribution < 1.29 is 18.0 Å². The maximum Gasteiger partial charge on any atom is 0.264 e. The highest BCUT2D eigenvalue weighted by molar-refractivity contribution is 7.92.